The van der Waals surface area contributed by atoms with Gasteiger partial charge < -0.3 is 11.1 Å². The van der Waals surface area contributed by atoms with Crippen molar-refractivity contribution in [2.45, 2.75) is 25.7 Å². The molecule has 3 nitrogen and oxygen atoms in total. The predicted molar refractivity (Wildman–Crippen MR) is 75.3 cm³/mol. The van der Waals surface area contributed by atoms with Crippen molar-refractivity contribution in [2.24, 2.45) is 11.3 Å². The second-order valence-corrected chi connectivity index (χ2v) is 6.32. The normalized spacial score (nSPS) is 20.5. The molecule has 0 unspecified atom stereocenters. The summed E-state index contributed by atoms with van der Waals surface area (Å²) >= 11 is 3.37. The molecule has 0 heterocycles. The maximum absolute atomic E-state index is 12.1. The van der Waals surface area contributed by atoms with E-state index in [1.165, 1.54) is 25.7 Å². The van der Waals surface area contributed by atoms with E-state index in [0.717, 1.165) is 12.5 Å². The van der Waals surface area contributed by atoms with Crippen molar-refractivity contribution in [3.8, 4) is 0 Å². The summed E-state index contributed by atoms with van der Waals surface area (Å²) in [5, 5.41) is 3.07. The number of hydrogen-bond acceptors (Lipinski definition) is 2. The molecule has 1 aromatic rings. The van der Waals surface area contributed by atoms with Crippen LogP contribution >= 0.6 is 15.9 Å². The van der Waals surface area contributed by atoms with Crippen LogP contribution in [0.25, 0.3) is 0 Å². The SMILES string of the molecule is Nc1cccc(C(=O)NCC2(C3CC3)CC2)c1Br. The van der Waals surface area contributed by atoms with Crippen molar-refractivity contribution >= 4 is 27.5 Å². The quantitative estimate of drug-likeness (QED) is 0.840. The predicted octanol–water partition coefficient (Wildman–Crippen LogP) is 2.95. The molecule has 1 amide bonds. The molecule has 0 aliphatic heterocycles. The first-order valence-electron chi connectivity index (χ1n) is 6.45. The lowest BCUT2D eigenvalue weighted by Gasteiger charge is -2.15. The number of amides is 1. The van der Waals surface area contributed by atoms with Crippen molar-refractivity contribution in [3.63, 3.8) is 0 Å². The van der Waals surface area contributed by atoms with Gasteiger partial charge in [0.15, 0.2) is 0 Å². The number of carbonyl (C=O) groups is 1. The van der Waals surface area contributed by atoms with E-state index in [9.17, 15) is 4.79 Å². The Labute approximate surface area is 115 Å². The molecule has 0 radical (unpaired) electrons. The fourth-order valence-electron chi connectivity index (χ4n) is 2.66. The van der Waals surface area contributed by atoms with Crippen molar-refractivity contribution in [1.29, 1.82) is 0 Å². The fraction of sp³-hybridized carbons (Fsp3) is 0.500. The maximum atomic E-state index is 12.1. The molecular weight excluding hydrogens is 292 g/mol. The van der Waals surface area contributed by atoms with Crippen LogP contribution in [-0.4, -0.2) is 12.5 Å². The lowest BCUT2D eigenvalue weighted by atomic mass is 10.0. The highest BCUT2D eigenvalue weighted by Gasteiger charge is 2.53. The van der Waals surface area contributed by atoms with Crippen molar-refractivity contribution in [2.75, 3.05) is 12.3 Å². The number of nitrogens with one attached hydrogen (secondary N) is 1. The lowest BCUT2D eigenvalue weighted by molar-refractivity contribution is 0.0942. The summed E-state index contributed by atoms with van der Waals surface area (Å²) in [5.41, 5.74) is 7.45. The zero-order valence-electron chi connectivity index (χ0n) is 10.2. The Morgan fingerprint density at radius 3 is 2.78 bits per heavy atom. The first-order valence-corrected chi connectivity index (χ1v) is 7.24. The highest BCUT2D eigenvalue weighted by atomic mass is 79.9. The van der Waals surface area contributed by atoms with E-state index in [2.05, 4.69) is 21.2 Å². The number of nitrogen functional groups attached to an aromatic ring is 1. The monoisotopic (exact) mass is 308 g/mol. The largest absolute Gasteiger partial charge is 0.398 e. The smallest absolute Gasteiger partial charge is 0.252 e. The number of halogens is 1. The Bertz CT molecular complexity index is 493. The number of benzene rings is 1. The molecule has 0 bridgehead atoms. The minimum Gasteiger partial charge on any atom is -0.398 e. The zero-order chi connectivity index (χ0) is 12.8. The molecule has 2 aliphatic rings. The number of carbonyl (C=O) groups excluding carboxylic acids is 1. The summed E-state index contributed by atoms with van der Waals surface area (Å²) in [7, 11) is 0. The first kappa shape index (κ1) is 12.0. The summed E-state index contributed by atoms with van der Waals surface area (Å²) in [6, 6.07) is 5.39. The van der Waals surface area contributed by atoms with E-state index in [4.69, 9.17) is 5.73 Å². The molecule has 0 atom stereocenters. The number of hydrogen-bond donors (Lipinski definition) is 2. The van der Waals surface area contributed by atoms with Crippen LogP contribution in [0.15, 0.2) is 22.7 Å². The van der Waals surface area contributed by atoms with Gasteiger partial charge in [0.05, 0.1) is 10.0 Å². The van der Waals surface area contributed by atoms with Gasteiger partial charge in [0, 0.05) is 12.2 Å². The summed E-state index contributed by atoms with van der Waals surface area (Å²) in [6.07, 6.45) is 5.24. The molecule has 1 aromatic carbocycles. The van der Waals surface area contributed by atoms with Gasteiger partial charge in [0.25, 0.3) is 5.91 Å². The second kappa shape index (κ2) is 4.26. The van der Waals surface area contributed by atoms with Crippen LogP contribution in [0.4, 0.5) is 5.69 Å². The van der Waals surface area contributed by atoms with Crippen LogP contribution in [0.1, 0.15) is 36.0 Å². The molecule has 2 aliphatic carbocycles. The Hall–Kier alpha value is -1.03. The van der Waals surface area contributed by atoms with E-state index >= 15 is 0 Å². The van der Waals surface area contributed by atoms with Crippen LogP contribution in [-0.2, 0) is 0 Å². The number of anilines is 1. The Kier molecular flexibility index (Phi) is 2.85. The average Bonchev–Trinajstić information content (AvgIpc) is 3.22. The second-order valence-electron chi connectivity index (χ2n) is 5.53. The fourth-order valence-corrected chi connectivity index (χ4v) is 3.11. The van der Waals surface area contributed by atoms with E-state index in [1.807, 2.05) is 6.07 Å². The molecular formula is C14H17BrN2O. The molecule has 3 N–H and O–H groups in total. The third kappa shape index (κ3) is 2.14. The maximum Gasteiger partial charge on any atom is 0.252 e. The van der Waals surface area contributed by atoms with Crippen molar-refractivity contribution < 1.29 is 4.79 Å². The third-order valence-electron chi connectivity index (χ3n) is 4.21. The van der Waals surface area contributed by atoms with Gasteiger partial charge in [-0.2, -0.15) is 0 Å². The molecule has 0 saturated heterocycles. The Morgan fingerprint density at radius 1 is 1.44 bits per heavy atom. The van der Waals surface area contributed by atoms with Gasteiger partial charge in [-0.25, -0.2) is 0 Å². The van der Waals surface area contributed by atoms with Crippen molar-refractivity contribution in [1.82, 2.24) is 5.32 Å². The van der Waals surface area contributed by atoms with Crippen LogP contribution < -0.4 is 11.1 Å². The number of nitrogens with two attached hydrogens (primary N) is 1. The molecule has 0 spiro atoms. The number of rotatable bonds is 4. The van der Waals surface area contributed by atoms with Gasteiger partial charge in [-0.3, -0.25) is 4.79 Å². The van der Waals surface area contributed by atoms with Gasteiger partial charge in [-0.05, 0) is 65.1 Å². The average molecular weight is 309 g/mol. The van der Waals surface area contributed by atoms with Crippen LogP contribution in [0.5, 0.6) is 0 Å². The molecule has 2 saturated carbocycles. The van der Waals surface area contributed by atoms with E-state index in [-0.39, 0.29) is 5.91 Å². The molecule has 96 valence electrons. The first-order chi connectivity index (χ1) is 8.62. The lowest BCUT2D eigenvalue weighted by Crippen LogP contribution is -2.31. The van der Waals surface area contributed by atoms with Gasteiger partial charge in [0.1, 0.15) is 0 Å². The molecule has 2 fully saturated rings. The molecule has 3 rings (SSSR count). The minimum absolute atomic E-state index is 0.0268. The summed E-state index contributed by atoms with van der Waals surface area (Å²) in [5.74, 6) is 0.836. The van der Waals surface area contributed by atoms with Gasteiger partial charge >= 0.3 is 0 Å². The highest BCUT2D eigenvalue weighted by Crippen LogP contribution is 2.60. The molecule has 0 aromatic heterocycles. The zero-order valence-corrected chi connectivity index (χ0v) is 11.8. The van der Waals surface area contributed by atoms with Crippen molar-refractivity contribution in [3.05, 3.63) is 28.2 Å². The third-order valence-corrected chi connectivity index (χ3v) is 5.09. The van der Waals surface area contributed by atoms with E-state index < -0.39 is 0 Å². The topological polar surface area (TPSA) is 55.1 Å². The summed E-state index contributed by atoms with van der Waals surface area (Å²) in [4.78, 5) is 12.1. The van der Waals surface area contributed by atoms with Gasteiger partial charge in [-0.1, -0.05) is 6.07 Å². The van der Waals surface area contributed by atoms with E-state index in [1.54, 1.807) is 12.1 Å². The standard InChI is InChI=1S/C14H17BrN2O/c15-12-10(2-1-3-11(12)16)13(18)17-8-14(6-7-14)9-4-5-9/h1-3,9H,4-8,16H2,(H,17,18). The molecule has 18 heavy (non-hydrogen) atoms. The van der Waals surface area contributed by atoms with Gasteiger partial charge in [-0.15, -0.1) is 0 Å². The highest BCUT2D eigenvalue weighted by molar-refractivity contribution is 9.10. The summed E-state index contributed by atoms with van der Waals surface area (Å²) in [6.45, 7) is 0.817. The van der Waals surface area contributed by atoms with Gasteiger partial charge in [0.2, 0.25) is 0 Å². The molecule has 4 heteroatoms. The summed E-state index contributed by atoms with van der Waals surface area (Å²) < 4.78 is 0.693. The van der Waals surface area contributed by atoms with Crippen LogP contribution in [0.2, 0.25) is 0 Å². The Balaban J connectivity index is 1.66. The van der Waals surface area contributed by atoms with Crippen LogP contribution in [0.3, 0.4) is 0 Å². The Morgan fingerprint density at radius 2 is 2.17 bits per heavy atom. The van der Waals surface area contributed by atoms with Crippen LogP contribution in [0, 0.1) is 11.3 Å². The van der Waals surface area contributed by atoms with E-state index in [0.29, 0.717) is 21.1 Å². The minimum atomic E-state index is -0.0268.